The zero-order chi connectivity index (χ0) is 30.2. The number of unbranched alkanes of at least 4 members (excludes halogenated alkanes) is 3. The number of ether oxygens (including phenoxy) is 5. The van der Waals surface area contributed by atoms with Crippen LogP contribution in [0.25, 0.3) is 6.08 Å². The van der Waals surface area contributed by atoms with Crippen LogP contribution in [0.2, 0.25) is 0 Å². The Hall–Kier alpha value is -4.13. The minimum Gasteiger partial charge on any atom is -0.507 e. The molecule has 226 valence electrons. The second-order valence-electron chi connectivity index (χ2n) is 9.94. The van der Waals surface area contributed by atoms with Gasteiger partial charge in [-0.15, -0.1) is 0 Å². The summed E-state index contributed by atoms with van der Waals surface area (Å²) in [7, 11) is 1.57. The van der Waals surface area contributed by atoms with Crippen molar-refractivity contribution < 1.29 is 33.6 Å². The van der Waals surface area contributed by atoms with Crippen molar-refractivity contribution in [1.82, 2.24) is 0 Å². The number of rotatable bonds is 19. The van der Waals surface area contributed by atoms with Crippen molar-refractivity contribution in [1.29, 1.82) is 0 Å². The molecule has 0 amide bonds. The smallest absolute Gasteiger partial charge is 0.203 e. The third-order valence-electron chi connectivity index (χ3n) is 6.49. The maximum Gasteiger partial charge on any atom is 0.203 e. The number of benzene rings is 3. The fourth-order valence-corrected chi connectivity index (χ4v) is 4.09. The fraction of sp³-hybridized carbons (Fsp3) is 0.400. The van der Waals surface area contributed by atoms with Gasteiger partial charge in [-0.3, -0.25) is 4.79 Å². The molecule has 0 fully saturated rings. The van der Waals surface area contributed by atoms with Crippen LogP contribution in [0.3, 0.4) is 0 Å². The van der Waals surface area contributed by atoms with Crippen LogP contribution in [0.4, 0.5) is 0 Å². The molecule has 3 aromatic carbocycles. The molecule has 7 heteroatoms. The first-order valence-corrected chi connectivity index (χ1v) is 14.9. The van der Waals surface area contributed by atoms with Crippen molar-refractivity contribution in [2.75, 3.05) is 26.9 Å². The first-order valence-electron chi connectivity index (χ1n) is 14.9. The van der Waals surface area contributed by atoms with Gasteiger partial charge in [0.15, 0.2) is 17.3 Å². The monoisotopic (exact) mass is 576 g/mol. The lowest BCUT2D eigenvalue weighted by molar-refractivity contribution is 0.104. The molecule has 0 spiro atoms. The average Bonchev–Trinajstić information content (AvgIpc) is 2.99. The lowest BCUT2D eigenvalue weighted by Gasteiger charge is -2.17. The summed E-state index contributed by atoms with van der Waals surface area (Å²) in [6.07, 6.45) is 8.59. The van der Waals surface area contributed by atoms with Crippen LogP contribution in [-0.2, 0) is 6.61 Å². The molecule has 7 nitrogen and oxygen atoms in total. The molecule has 0 unspecified atom stereocenters. The van der Waals surface area contributed by atoms with E-state index in [0.717, 1.165) is 44.1 Å². The lowest BCUT2D eigenvalue weighted by atomic mass is 10.1. The standard InChI is InChI=1S/C35H44O7/c1-5-8-18-39-28-23-30(37)34(31(24-28)40-19-9-6-2)29(36)17-16-27-21-32(38-4)35(33(22-27)41-20-10-7-3)42-25-26-14-12-11-13-15-26/h11-17,21-24,37H,5-10,18-20,25H2,1-4H3/b17-16+. The minimum atomic E-state index is -0.393. The Morgan fingerprint density at radius 2 is 1.38 bits per heavy atom. The van der Waals surface area contributed by atoms with Gasteiger partial charge in [-0.1, -0.05) is 76.4 Å². The summed E-state index contributed by atoms with van der Waals surface area (Å²) in [4.78, 5) is 13.4. The number of hydrogen-bond donors (Lipinski definition) is 1. The van der Waals surface area contributed by atoms with Crippen LogP contribution in [0, 0.1) is 0 Å². The fourth-order valence-electron chi connectivity index (χ4n) is 4.09. The number of ketones is 1. The summed E-state index contributed by atoms with van der Waals surface area (Å²) in [6, 6.07) is 16.6. The summed E-state index contributed by atoms with van der Waals surface area (Å²) in [5, 5.41) is 10.8. The predicted octanol–water partition coefficient (Wildman–Crippen LogP) is 8.41. The minimum absolute atomic E-state index is 0.0967. The van der Waals surface area contributed by atoms with Crippen LogP contribution < -0.4 is 23.7 Å². The highest BCUT2D eigenvalue weighted by Crippen LogP contribution is 2.40. The summed E-state index contributed by atoms with van der Waals surface area (Å²) < 4.78 is 29.6. The molecule has 0 aliphatic carbocycles. The summed E-state index contributed by atoms with van der Waals surface area (Å²) in [5.74, 6) is 1.72. The molecular weight excluding hydrogens is 532 g/mol. The quantitative estimate of drug-likeness (QED) is 0.0871. The lowest BCUT2D eigenvalue weighted by Crippen LogP contribution is -2.06. The van der Waals surface area contributed by atoms with Crippen molar-refractivity contribution in [3.05, 3.63) is 77.4 Å². The van der Waals surface area contributed by atoms with Crippen LogP contribution in [0.15, 0.2) is 60.7 Å². The zero-order valence-corrected chi connectivity index (χ0v) is 25.3. The molecule has 0 saturated heterocycles. The molecule has 3 rings (SSSR count). The highest BCUT2D eigenvalue weighted by molar-refractivity contribution is 6.10. The van der Waals surface area contributed by atoms with Gasteiger partial charge >= 0.3 is 0 Å². The van der Waals surface area contributed by atoms with E-state index < -0.39 is 5.78 Å². The van der Waals surface area contributed by atoms with Crippen molar-refractivity contribution in [2.45, 2.75) is 65.9 Å². The van der Waals surface area contributed by atoms with E-state index in [4.69, 9.17) is 23.7 Å². The Balaban J connectivity index is 1.89. The van der Waals surface area contributed by atoms with Gasteiger partial charge in [0.25, 0.3) is 0 Å². The van der Waals surface area contributed by atoms with Crippen LogP contribution in [0.5, 0.6) is 34.5 Å². The Kier molecular flexibility index (Phi) is 13.6. The number of allylic oxidation sites excluding steroid dienone is 1. The Bertz CT molecular complexity index is 1280. The number of methoxy groups -OCH3 is 1. The molecule has 0 atom stereocenters. The number of carbonyl (C=O) groups excluding carboxylic acids is 1. The molecule has 42 heavy (non-hydrogen) atoms. The number of hydrogen-bond acceptors (Lipinski definition) is 7. The normalized spacial score (nSPS) is 11.0. The number of aromatic hydroxyl groups is 1. The van der Waals surface area contributed by atoms with E-state index in [1.165, 1.54) is 12.1 Å². The van der Waals surface area contributed by atoms with E-state index >= 15 is 0 Å². The maximum atomic E-state index is 13.4. The van der Waals surface area contributed by atoms with Crippen LogP contribution in [-0.4, -0.2) is 37.8 Å². The van der Waals surface area contributed by atoms with Gasteiger partial charge < -0.3 is 28.8 Å². The average molecular weight is 577 g/mol. The Labute approximate surface area is 250 Å². The van der Waals surface area contributed by atoms with Crippen molar-refractivity contribution >= 4 is 11.9 Å². The SMILES string of the molecule is CCCCOc1cc(O)c(C(=O)/C=C/c2cc(OC)c(OCc3ccccc3)c(OCCCC)c2)c(OCCCC)c1. The molecule has 0 aromatic heterocycles. The Morgan fingerprint density at radius 3 is 2.02 bits per heavy atom. The van der Waals surface area contributed by atoms with Gasteiger partial charge in [-0.05, 0) is 48.6 Å². The maximum absolute atomic E-state index is 13.4. The third-order valence-corrected chi connectivity index (χ3v) is 6.49. The van der Waals surface area contributed by atoms with E-state index in [1.54, 1.807) is 25.3 Å². The summed E-state index contributed by atoms with van der Waals surface area (Å²) in [6.45, 7) is 8.06. The van der Waals surface area contributed by atoms with Crippen LogP contribution in [0.1, 0.15) is 80.8 Å². The van der Waals surface area contributed by atoms with E-state index in [9.17, 15) is 9.90 Å². The van der Waals surface area contributed by atoms with Crippen LogP contribution >= 0.6 is 0 Å². The highest BCUT2D eigenvalue weighted by Gasteiger charge is 2.19. The van der Waals surface area contributed by atoms with E-state index in [0.29, 0.717) is 60.7 Å². The number of carbonyl (C=O) groups is 1. The predicted molar refractivity (Wildman–Crippen MR) is 166 cm³/mol. The molecule has 0 aliphatic rings. The van der Waals surface area contributed by atoms with Gasteiger partial charge in [0.05, 0.1) is 26.9 Å². The van der Waals surface area contributed by atoms with E-state index in [-0.39, 0.29) is 11.3 Å². The molecule has 0 bridgehead atoms. The van der Waals surface area contributed by atoms with Gasteiger partial charge in [0.2, 0.25) is 5.75 Å². The first kappa shape index (κ1) is 32.4. The largest absolute Gasteiger partial charge is 0.507 e. The van der Waals surface area contributed by atoms with Gasteiger partial charge in [0, 0.05) is 12.1 Å². The number of phenolic OH excluding ortho intramolecular Hbond substituents is 1. The molecule has 0 aliphatic heterocycles. The second-order valence-corrected chi connectivity index (χ2v) is 9.94. The molecule has 3 aromatic rings. The van der Waals surface area contributed by atoms with E-state index in [1.807, 2.05) is 36.4 Å². The van der Waals surface area contributed by atoms with Crippen molar-refractivity contribution in [3.8, 4) is 34.5 Å². The van der Waals surface area contributed by atoms with Gasteiger partial charge in [-0.25, -0.2) is 0 Å². The molecule has 0 saturated carbocycles. The first-order chi connectivity index (χ1) is 20.5. The molecule has 0 radical (unpaired) electrons. The van der Waals surface area contributed by atoms with Crippen molar-refractivity contribution in [3.63, 3.8) is 0 Å². The second kappa shape index (κ2) is 17.6. The molecule has 0 heterocycles. The van der Waals surface area contributed by atoms with E-state index in [2.05, 4.69) is 20.8 Å². The highest BCUT2D eigenvalue weighted by atomic mass is 16.5. The molecule has 1 N–H and O–H groups in total. The third kappa shape index (κ3) is 9.75. The number of phenols is 1. The summed E-state index contributed by atoms with van der Waals surface area (Å²) >= 11 is 0. The molecular formula is C35H44O7. The Morgan fingerprint density at radius 1 is 0.762 bits per heavy atom. The van der Waals surface area contributed by atoms with Gasteiger partial charge in [0.1, 0.15) is 29.4 Å². The zero-order valence-electron chi connectivity index (χ0n) is 25.3. The van der Waals surface area contributed by atoms with Gasteiger partial charge in [-0.2, -0.15) is 0 Å². The summed E-state index contributed by atoms with van der Waals surface area (Å²) in [5.41, 5.74) is 1.80. The van der Waals surface area contributed by atoms with Crippen molar-refractivity contribution in [2.24, 2.45) is 0 Å². The topological polar surface area (TPSA) is 83.5 Å².